The minimum Gasteiger partial charge on any atom is -0.324 e. The van der Waals surface area contributed by atoms with E-state index in [0.717, 1.165) is 15.9 Å². The number of hydrogen-bond donors (Lipinski definition) is 1. The SMILES string of the molecule is O=C(Cn1nc(-c2ccc(F)cc2)ccc1=O)Nc1ccccc1-c1cn2ccccc2n1. The van der Waals surface area contributed by atoms with Gasteiger partial charge in [0.25, 0.3) is 5.56 Å². The summed E-state index contributed by atoms with van der Waals surface area (Å²) in [4.78, 5) is 29.7. The number of hydrogen-bond acceptors (Lipinski definition) is 4. The molecule has 1 N–H and O–H groups in total. The Morgan fingerprint density at radius 2 is 1.70 bits per heavy atom. The average Bonchev–Trinajstić information content (AvgIpc) is 3.25. The van der Waals surface area contributed by atoms with Gasteiger partial charge in [0.1, 0.15) is 18.0 Å². The Bertz CT molecular complexity index is 1490. The van der Waals surface area contributed by atoms with Crippen molar-refractivity contribution in [1.82, 2.24) is 19.2 Å². The second kappa shape index (κ2) is 8.51. The van der Waals surface area contributed by atoms with Crippen molar-refractivity contribution in [3.05, 3.63) is 107 Å². The minimum absolute atomic E-state index is 0.270. The lowest BCUT2D eigenvalue weighted by atomic mass is 10.1. The molecule has 8 heteroatoms. The Hall–Kier alpha value is -4.59. The van der Waals surface area contributed by atoms with Crippen LogP contribution in [0.2, 0.25) is 0 Å². The number of aromatic nitrogens is 4. The van der Waals surface area contributed by atoms with Crippen LogP contribution in [0.3, 0.4) is 0 Å². The van der Waals surface area contributed by atoms with Gasteiger partial charge in [0.15, 0.2) is 0 Å². The quantitative estimate of drug-likeness (QED) is 0.449. The van der Waals surface area contributed by atoms with Crippen LogP contribution in [0, 0.1) is 5.82 Å². The molecule has 0 atom stereocenters. The second-order valence-corrected chi connectivity index (χ2v) is 7.41. The zero-order chi connectivity index (χ0) is 22.8. The van der Waals surface area contributed by atoms with Gasteiger partial charge in [-0.1, -0.05) is 24.3 Å². The monoisotopic (exact) mass is 439 g/mol. The first kappa shape index (κ1) is 20.3. The molecule has 0 saturated carbocycles. The third-order valence-corrected chi connectivity index (χ3v) is 5.14. The van der Waals surface area contributed by atoms with Gasteiger partial charge in [0, 0.05) is 29.6 Å². The Morgan fingerprint density at radius 1 is 0.909 bits per heavy atom. The number of pyridine rings is 1. The predicted molar refractivity (Wildman–Crippen MR) is 123 cm³/mol. The van der Waals surface area contributed by atoms with E-state index in [4.69, 9.17) is 0 Å². The number of anilines is 1. The van der Waals surface area contributed by atoms with E-state index in [1.807, 2.05) is 53.2 Å². The van der Waals surface area contributed by atoms with Crippen molar-refractivity contribution >= 4 is 17.2 Å². The van der Waals surface area contributed by atoms with E-state index < -0.39 is 11.5 Å². The Balaban J connectivity index is 1.40. The molecule has 5 aromatic rings. The summed E-state index contributed by atoms with van der Waals surface area (Å²) in [6, 6.07) is 21.7. The summed E-state index contributed by atoms with van der Waals surface area (Å²) in [7, 11) is 0. The van der Waals surface area contributed by atoms with Crippen LogP contribution >= 0.6 is 0 Å². The van der Waals surface area contributed by atoms with Crippen LogP contribution in [-0.2, 0) is 11.3 Å². The number of carbonyl (C=O) groups excluding carboxylic acids is 1. The summed E-state index contributed by atoms with van der Waals surface area (Å²) in [5.41, 5.74) is 3.54. The fourth-order valence-electron chi connectivity index (χ4n) is 3.54. The van der Waals surface area contributed by atoms with E-state index in [1.54, 1.807) is 24.3 Å². The molecule has 0 unspecified atom stereocenters. The maximum atomic E-state index is 13.2. The highest BCUT2D eigenvalue weighted by Gasteiger charge is 2.13. The number of halogens is 1. The maximum absolute atomic E-state index is 13.2. The number of nitrogens with one attached hydrogen (secondary N) is 1. The van der Waals surface area contributed by atoms with Crippen LogP contribution in [0.1, 0.15) is 0 Å². The average molecular weight is 439 g/mol. The van der Waals surface area contributed by atoms with Gasteiger partial charge in [-0.15, -0.1) is 0 Å². The molecule has 7 nitrogen and oxygen atoms in total. The van der Waals surface area contributed by atoms with Gasteiger partial charge >= 0.3 is 0 Å². The maximum Gasteiger partial charge on any atom is 0.267 e. The number of amides is 1. The van der Waals surface area contributed by atoms with E-state index in [1.165, 1.54) is 18.2 Å². The Kier molecular flexibility index (Phi) is 5.24. The Morgan fingerprint density at radius 3 is 2.52 bits per heavy atom. The van der Waals surface area contributed by atoms with Crippen molar-refractivity contribution in [2.24, 2.45) is 0 Å². The third-order valence-electron chi connectivity index (χ3n) is 5.14. The second-order valence-electron chi connectivity index (χ2n) is 7.41. The van der Waals surface area contributed by atoms with Crippen molar-refractivity contribution in [1.29, 1.82) is 0 Å². The molecule has 33 heavy (non-hydrogen) atoms. The number of nitrogens with zero attached hydrogens (tertiary/aromatic N) is 4. The van der Waals surface area contributed by atoms with Crippen LogP contribution < -0.4 is 10.9 Å². The fraction of sp³-hybridized carbons (Fsp3) is 0.0400. The normalized spacial score (nSPS) is 10.9. The fourth-order valence-corrected chi connectivity index (χ4v) is 3.54. The molecule has 3 heterocycles. The molecule has 162 valence electrons. The summed E-state index contributed by atoms with van der Waals surface area (Å²) in [6.07, 6.45) is 3.79. The molecule has 0 fully saturated rings. The first-order chi connectivity index (χ1) is 16.1. The van der Waals surface area contributed by atoms with Gasteiger partial charge in [-0.25, -0.2) is 14.1 Å². The number of rotatable bonds is 5. The minimum atomic E-state index is -0.412. The van der Waals surface area contributed by atoms with Gasteiger partial charge in [-0.2, -0.15) is 5.10 Å². The van der Waals surface area contributed by atoms with Crippen LogP contribution in [0.25, 0.3) is 28.2 Å². The molecule has 0 aliphatic rings. The topological polar surface area (TPSA) is 81.3 Å². The van der Waals surface area contributed by atoms with Crippen LogP contribution in [0.15, 0.2) is 96.1 Å². The summed E-state index contributed by atoms with van der Waals surface area (Å²) < 4.78 is 16.2. The molecule has 0 bridgehead atoms. The smallest absolute Gasteiger partial charge is 0.267 e. The van der Waals surface area contributed by atoms with Crippen LogP contribution in [0.4, 0.5) is 10.1 Å². The Labute approximate surface area is 187 Å². The molecule has 0 saturated heterocycles. The van der Waals surface area contributed by atoms with E-state index >= 15 is 0 Å². The number of para-hydroxylation sites is 1. The molecule has 0 spiro atoms. The highest BCUT2D eigenvalue weighted by Crippen LogP contribution is 2.27. The summed E-state index contributed by atoms with van der Waals surface area (Å²) in [5.74, 6) is -0.771. The summed E-state index contributed by atoms with van der Waals surface area (Å²) in [6.45, 7) is -0.270. The molecule has 5 rings (SSSR count). The lowest BCUT2D eigenvalue weighted by molar-refractivity contribution is -0.117. The summed E-state index contributed by atoms with van der Waals surface area (Å²) in [5, 5.41) is 7.13. The van der Waals surface area contributed by atoms with E-state index in [2.05, 4.69) is 15.4 Å². The lowest BCUT2D eigenvalue weighted by Crippen LogP contribution is -2.29. The van der Waals surface area contributed by atoms with E-state index in [9.17, 15) is 14.0 Å². The molecule has 2 aromatic carbocycles. The molecule has 0 aliphatic carbocycles. The van der Waals surface area contributed by atoms with Gasteiger partial charge in [-0.3, -0.25) is 9.59 Å². The molecule has 0 aliphatic heterocycles. The van der Waals surface area contributed by atoms with Crippen molar-refractivity contribution in [3.63, 3.8) is 0 Å². The highest BCUT2D eigenvalue weighted by molar-refractivity contribution is 5.95. The van der Waals surface area contributed by atoms with Gasteiger partial charge < -0.3 is 9.72 Å². The molecule has 3 aromatic heterocycles. The van der Waals surface area contributed by atoms with Crippen LogP contribution in [-0.4, -0.2) is 25.1 Å². The van der Waals surface area contributed by atoms with Gasteiger partial charge in [-0.05, 0) is 48.5 Å². The summed E-state index contributed by atoms with van der Waals surface area (Å²) >= 11 is 0. The number of carbonyl (C=O) groups is 1. The van der Waals surface area contributed by atoms with E-state index in [-0.39, 0.29) is 12.4 Å². The van der Waals surface area contributed by atoms with Crippen molar-refractivity contribution in [2.45, 2.75) is 6.54 Å². The third kappa shape index (κ3) is 4.27. The number of imidazole rings is 1. The zero-order valence-electron chi connectivity index (χ0n) is 17.4. The number of benzene rings is 2. The van der Waals surface area contributed by atoms with Crippen molar-refractivity contribution in [2.75, 3.05) is 5.32 Å². The standard InChI is InChI=1S/C25H18FN5O2/c26-18-10-8-17(9-11-18)20-12-13-25(33)31(29-20)16-24(32)28-21-6-2-1-5-19(21)22-15-30-14-4-3-7-23(30)27-22/h1-15H,16H2,(H,28,32). The lowest BCUT2D eigenvalue weighted by Gasteiger charge is -2.11. The van der Waals surface area contributed by atoms with E-state index in [0.29, 0.717) is 22.6 Å². The van der Waals surface area contributed by atoms with Gasteiger partial charge in [0.05, 0.1) is 17.1 Å². The predicted octanol–water partition coefficient (Wildman–Crippen LogP) is 4.00. The first-order valence-electron chi connectivity index (χ1n) is 10.2. The highest BCUT2D eigenvalue weighted by atomic mass is 19.1. The van der Waals surface area contributed by atoms with Gasteiger partial charge in [0.2, 0.25) is 5.91 Å². The number of fused-ring (bicyclic) bond motifs is 1. The molecular weight excluding hydrogens is 421 g/mol. The first-order valence-corrected chi connectivity index (χ1v) is 10.2. The zero-order valence-corrected chi connectivity index (χ0v) is 17.4. The molecule has 0 radical (unpaired) electrons. The molecule has 1 amide bonds. The largest absolute Gasteiger partial charge is 0.324 e. The van der Waals surface area contributed by atoms with Crippen molar-refractivity contribution in [3.8, 4) is 22.5 Å². The molecular formula is C25H18FN5O2. The van der Waals surface area contributed by atoms with Crippen molar-refractivity contribution < 1.29 is 9.18 Å². The van der Waals surface area contributed by atoms with Crippen LogP contribution in [0.5, 0.6) is 0 Å².